The second-order valence-corrected chi connectivity index (χ2v) is 5.44. The van der Waals surface area contributed by atoms with Gasteiger partial charge in [0.05, 0.1) is 21.3 Å². The van der Waals surface area contributed by atoms with Gasteiger partial charge in [0.2, 0.25) is 0 Å². The maximum Gasteiger partial charge on any atom is 0.191 e. The molecule has 0 atom stereocenters. The summed E-state index contributed by atoms with van der Waals surface area (Å²) in [6.45, 7) is 1.27. The third-order valence-electron chi connectivity index (χ3n) is 3.86. The Balaban J connectivity index is 1.95. The first-order chi connectivity index (χ1) is 12.7. The fourth-order valence-corrected chi connectivity index (χ4v) is 2.49. The van der Waals surface area contributed by atoms with E-state index in [0.717, 1.165) is 30.0 Å². The SMILES string of the molecule is CN=C(NCCc1ccccn1)NCc1cc(OC)c(OC)cc1OC. The molecule has 0 saturated carbocycles. The van der Waals surface area contributed by atoms with Crippen LogP contribution in [0.25, 0.3) is 0 Å². The number of rotatable bonds is 8. The highest BCUT2D eigenvalue weighted by Gasteiger charge is 2.12. The van der Waals surface area contributed by atoms with Gasteiger partial charge >= 0.3 is 0 Å². The molecule has 0 bridgehead atoms. The van der Waals surface area contributed by atoms with Crippen LogP contribution in [0.5, 0.6) is 17.2 Å². The quantitative estimate of drug-likeness (QED) is 0.555. The third kappa shape index (κ3) is 5.27. The first kappa shape index (κ1) is 19.4. The fraction of sp³-hybridized carbons (Fsp3) is 0.368. The Bertz CT molecular complexity index is 720. The molecule has 0 spiro atoms. The Labute approximate surface area is 154 Å². The Morgan fingerprint density at radius 3 is 2.35 bits per heavy atom. The number of ether oxygens (including phenoxy) is 3. The van der Waals surface area contributed by atoms with E-state index in [9.17, 15) is 0 Å². The molecule has 1 aromatic carbocycles. The van der Waals surface area contributed by atoms with Crippen LogP contribution in [-0.2, 0) is 13.0 Å². The van der Waals surface area contributed by atoms with E-state index in [1.165, 1.54) is 0 Å². The van der Waals surface area contributed by atoms with E-state index < -0.39 is 0 Å². The van der Waals surface area contributed by atoms with Crippen molar-refractivity contribution in [1.82, 2.24) is 15.6 Å². The van der Waals surface area contributed by atoms with Gasteiger partial charge in [-0.1, -0.05) is 6.07 Å². The summed E-state index contributed by atoms with van der Waals surface area (Å²) in [6, 6.07) is 9.61. The largest absolute Gasteiger partial charge is 0.496 e. The highest BCUT2D eigenvalue weighted by atomic mass is 16.5. The van der Waals surface area contributed by atoms with Crippen molar-refractivity contribution in [2.45, 2.75) is 13.0 Å². The van der Waals surface area contributed by atoms with Crippen LogP contribution < -0.4 is 24.8 Å². The Morgan fingerprint density at radius 2 is 1.73 bits per heavy atom. The van der Waals surface area contributed by atoms with Gasteiger partial charge in [0.1, 0.15) is 5.75 Å². The van der Waals surface area contributed by atoms with Crippen molar-refractivity contribution < 1.29 is 14.2 Å². The van der Waals surface area contributed by atoms with Gasteiger partial charge in [-0.2, -0.15) is 0 Å². The molecule has 2 aromatic rings. The zero-order valence-corrected chi connectivity index (χ0v) is 15.7. The van der Waals surface area contributed by atoms with Crippen LogP contribution in [-0.4, -0.2) is 45.9 Å². The number of hydrogen-bond donors (Lipinski definition) is 2. The molecule has 0 radical (unpaired) electrons. The molecule has 0 fully saturated rings. The van der Waals surface area contributed by atoms with Gasteiger partial charge in [-0.05, 0) is 18.2 Å². The van der Waals surface area contributed by atoms with Crippen molar-refractivity contribution in [3.05, 3.63) is 47.8 Å². The lowest BCUT2D eigenvalue weighted by Crippen LogP contribution is -2.38. The van der Waals surface area contributed by atoms with Gasteiger partial charge in [0.25, 0.3) is 0 Å². The maximum atomic E-state index is 5.45. The average Bonchev–Trinajstić information content (AvgIpc) is 2.70. The lowest BCUT2D eigenvalue weighted by atomic mass is 10.1. The number of nitrogens with one attached hydrogen (secondary N) is 2. The lowest BCUT2D eigenvalue weighted by molar-refractivity contribution is 0.347. The van der Waals surface area contributed by atoms with Crippen LogP contribution in [0.15, 0.2) is 41.5 Å². The van der Waals surface area contributed by atoms with Crippen LogP contribution in [0.3, 0.4) is 0 Å². The zero-order valence-electron chi connectivity index (χ0n) is 15.7. The van der Waals surface area contributed by atoms with Gasteiger partial charge in [0.15, 0.2) is 17.5 Å². The van der Waals surface area contributed by atoms with E-state index in [1.807, 2.05) is 30.3 Å². The number of nitrogens with zero attached hydrogens (tertiary/aromatic N) is 2. The monoisotopic (exact) mass is 358 g/mol. The number of pyridine rings is 1. The normalized spacial score (nSPS) is 11.0. The summed E-state index contributed by atoms with van der Waals surface area (Å²) >= 11 is 0. The van der Waals surface area contributed by atoms with E-state index in [0.29, 0.717) is 24.0 Å². The van der Waals surface area contributed by atoms with Crippen molar-refractivity contribution in [3.8, 4) is 17.2 Å². The molecule has 7 heteroatoms. The molecule has 0 aliphatic carbocycles. The predicted molar refractivity (Wildman–Crippen MR) is 102 cm³/mol. The van der Waals surface area contributed by atoms with E-state index in [-0.39, 0.29) is 0 Å². The molecule has 0 unspecified atom stereocenters. The molecular weight excluding hydrogens is 332 g/mol. The molecule has 0 aliphatic rings. The van der Waals surface area contributed by atoms with Crippen molar-refractivity contribution in [3.63, 3.8) is 0 Å². The molecule has 0 aliphatic heterocycles. The molecule has 1 heterocycles. The molecule has 0 amide bonds. The second-order valence-electron chi connectivity index (χ2n) is 5.44. The Morgan fingerprint density at radius 1 is 1.00 bits per heavy atom. The number of hydrogen-bond acceptors (Lipinski definition) is 5. The molecule has 2 N–H and O–H groups in total. The molecule has 1 aromatic heterocycles. The molecular formula is C19H26N4O3. The number of aliphatic imine (C=N–C) groups is 1. The highest BCUT2D eigenvalue weighted by molar-refractivity contribution is 5.79. The van der Waals surface area contributed by atoms with Crippen molar-refractivity contribution in [1.29, 1.82) is 0 Å². The van der Waals surface area contributed by atoms with E-state index >= 15 is 0 Å². The summed E-state index contributed by atoms with van der Waals surface area (Å²) in [5, 5.41) is 6.56. The standard InChI is InChI=1S/C19H26N4O3/c1-20-19(22-10-8-15-7-5-6-9-21-15)23-13-14-11-17(25-3)18(26-4)12-16(14)24-2/h5-7,9,11-12H,8,10,13H2,1-4H3,(H2,20,22,23). The number of guanidine groups is 1. The smallest absolute Gasteiger partial charge is 0.191 e. The van der Waals surface area contributed by atoms with Crippen LogP contribution in [0.4, 0.5) is 0 Å². The van der Waals surface area contributed by atoms with Crippen LogP contribution in [0, 0.1) is 0 Å². The Kier molecular flexibility index (Phi) is 7.54. The molecule has 0 saturated heterocycles. The summed E-state index contributed by atoms with van der Waals surface area (Å²) in [7, 11) is 6.58. The van der Waals surface area contributed by atoms with Crippen LogP contribution in [0.1, 0.15) is 11.3 Å². The second kappa shape index (κ2) is 10.1. The predicted octanol–water partition coefficient (Wildman–Crippen LogP) is 2.02. The summed E-state index contributed by atoms with van der Waals surface area (Å²) in [4.78, 5) is 8.55. The topological polar surface area (TPSA) is 77.0 Å². The summed E-state index contributed by atoms with van der Waals surface area (Å²) in [5.74, 6) is 2.71. The summed E-state index contributed by atoms with van der Waals surface area (Å²) in [5.41, 5.74) is 1.98. The lowest BCUT2D eigenvalue weighted by Gasteiger charge is -2.16. The summed E-state index contributed by atoms with van der Waals surface area (Å²) in [6.07, 6.45) is 2.62. The Hall–Kier alpha value is -2.96. The average molecular weight is 358 g/mol. The highest BCUT2D eigenvalue weighted by Crippen LogP contribution is 2.34. The van der Waals surface area contributed by atoms with Crippen molar-refractivity contribution >= 4 is 5.96 Å². The molecule has 7 nitrogen and oxygen atoms in total. The first-order valence-electron chi connectivity index (χ1n) is 8.35. The van der Waals surface area contributed by atoms with Crippen LogP contribution in [0.2, 0.25) is 0 Å². The van der Waals surface area contributed by atoms with Gasteiger partial charge < -0.3 is 24.8 Å². The van der Waals surface area contributed by atoms with Crippen molar-refractivity contribution in [2.24, 2.45) is 4.99 Å². The van der Waals surface area contributed by atoms with Crippen LogP contribution >= 0.6 is 0 Å². The van der Waals surface area contributed by atoms with Gasteiger partial charge in [-0.3, -0.25) is 9.98 Å². The zero-order chi connectivity index (χ0) is 18.8. The van der Waals surface area contributed by atoms with Gasteiger partial charge in [0, 0.05) is 50.1 Å². The minimum Gasteiger partial charge on any atom is -0.496 e. The number of aromatic nitrogens is 1. The third-order valence-corrected chi connectivity index (χ3v) is 3.86. The number of methoxy groups -OCH3 is 3. The van der Waals surface area contributed by atoms with Gasteiger partial charge in [-0.25, -0.2) is 0 Å². The van der Waals surface area contributed by atoms with Gasteiger partial charge in [-0.15, -0.1) is 0 Å². The fourth-order valence-electron chi connectivity index (χ4n) is 2.49. The summed E-state index contributed by atoms with van der Waals surface area (Å²) < 4.78 is 16.1. The maximum absolute atomic E-state index is 5.45. The molecule has 2 rings (SSSR count). The number of benzene rings is 1. The minimum absolute atomic E-state index is 0.535. The molecule has 26 heavy (non-hydrogen) atoms. The minimum atomic E-state index is 0.535. The van der Waals surface area contributed by atoms with E-state index in [1.54, 1.807) is 34.6 Å². The first-order valence-corrected chi connectivity index (χ1v) is 8.35. The van der Waals surface area contributed by atoms with Crippen molar-refractivity contribution in [2.75, 3.05) is 34.9 Å². The molecule has 140 valence electrons. The van der Waals surface area contributed by atoms with E-state index in [2.05, 4.69) is 20.6 Å². The van der Waals surface area contributed by atoms with E-state index in [4.69, 9.17) is 14.2 Å².